The molecule has 2 aliphatic carbocycles. The van der Waals surface area contributed by atoms with Crippen molar-refractivity contribution < 1.29 is 37.5 Å². The Morgan fingerprint density at radius 2 is 1.59 bits per heavy atom. The van der Waals surface area contributed by atoms with Gasteiger partial charge in [-0.05, 0) is 81.0 Å². The number of halogens is 6. The molecule has 7 rings (SSSR count). The lowest BCUT2D eigenvalue weighted by Gasteiger charge is -2.50. The zero-order chi connectivity index (χ0) is 36.9. The maximum atomic E-state index is 15.2. The van der Waals surface area contributed by atoms with E-state index in [9.17, 15) is 32.7 Å². The average molecular weight is 762 g/mol. The van der Waals surface area contributed by atoms with E-state index in [1.165, 1.54) is 17.0 Å². The van der Waals surface area contributed by atoms with E-state index in [1.807, 2.05) is 6.08 Å². The number of nitrogens with one attached hydrogen (secondary N) is 1. The number of rotatable bonds is 4. The van der Waals surface area contributed by atoms with Crippen LogP contribution in [0.15, 0.2) is 66.4 Å². The fourth-order valence-electron chi connectivity index (χ4n) is 8.54. The summed E-state index contributed by atoms with van der Waals surface area (Å²) in [6, 6.07) is 11.3. The van der Waals surface area contributed by atoms with Gasteiger partial charge in [0, 0.05) is 27.7 Å². The van der Waals surface area contributed by atoms with E-state index in [4.69, 9.17) is 34.8 Å². The molecule has 0 spiro atoms. The number of alkyl halides is 3. The van der Waals surface area contributed by atoms with Crippen molar-refractivity contribution in [2.45, 2.75) is 56.7 Å². The van der Waals surface area contributed by atoms with Crippen LogP contribution in [0.2, 0.25) is 15.1 Å². The second-order valence-corrected chi connectivity index (χ2v) is 15.6. The Bertz CT molecular complexity index is 2050. The number of hydrogen-bond donors (Lipinski definition) is 2. The molecule has 2 saturated heterocycles. The van der Waals surface area contributed by atoms with E-state index in [-0.39, 0.29) is 41.2 Å². The number of phenolic OH excluding ortho intramolecular Hbond substituents is 1. The smallest absolute Gasteiger partial charge is 0.417 e. The normalized spacial score (nSPS) is 27.7. The summed E-state index contributed by atoms with van der Waals surface area (Å²) in [4.78, 5) is 62.9. The number of phenols is 1. The molecule has 4 aliphatic rings. The standard InChI is InChI=1S/C36H30Cl3F3N4O5/c1-34(2,3)45-30(48)22-11-10-20-23(27(22)32(45)50)14-24-31(49)46(44-29-26(39)12-17(15-43-29)36(40,41)42)33(51)35(24,16-4-6-18(37)7-5-16)28(20)21-9-8-19(47)13-25(21)38/h4-10,12-13,15,22-24,27-28,47H,11,14H2,1-3H3,(H,43,44). The topological polar surface area (TPSA) is 120 Å². The van der Waals surface area contributed by atoms with E-state index in [1.54, 1.807) is 51.1 Å². The van der Waals surface area contributed by atoms with Crippen molar-refractivity contribution in [3.63, 3.8) is 0 Å². The van der Waals surface area contributed by atoms with Crippen molar-refractivity contribution in [1.29, 1.82) is 0 Å². The summed E-state index contributed by atoms with van der Waals surface area (Å²) in [5.41, 5.74) is 0.277. The number of likely N-dealkylation sites (tertiary alicyclic amines) is 1. The summed E-state index contributed by atoms with van der Waals surface area (Å²) < 4.78 is 40.2. The Morgan fingerprint density at radius 3 is 2.20 bits per heavy atom. The summed E-state index contributed by atoms with van der Waals surface area (Å²) in [6.07, 6.45) is -2.20. The van der Waals surface area contributed by atoms with Gasteiger partial charge in [-0.25, -0.2) is 4.98 Å². The molecule has 3 aromatic rings. The van der Waals surface area contributed by atoms with Crippen molar-refractivity contribution in [2.24, 2.45) is 23.7 Å². The third kappa shape index (κ3) is 5.32. The van der Waals surface area contributed by atoms with Crippen LogP contribution in [0.5, 0.6) is 5.75 Å². The Hall–Kier alpha value is -4.13. The Morgan fingerprint density at radius 1 is 0.902 bits per heavy atom. The number of anilines is 1. The molecule has 6 unspecified atom stereocenters. The minimum Gasteiger partial charge on any atom is -0.508 e. The lowest BCUT2D eigenvalue weighted by atomic mass is 9.49. The minimum atomic E-state index is -4.75. The van der Waals surface area contributed by atoms with Gasteiger partial charge in [0.1, 0.15) is 5.75 Å². The predicted octanol–water partition coefficient (Wildman–Crippen LogP) is 7.55. The van der Waals surface area contributed by atoms with Gasteiger partial charge >= 0.3 is 6.18 Å². The maximum Gasteiger partial charge on any atom is 0.417 e. The molecule has 6 atom stereocenters. The van der Waals surface area contributed by atoms with Gasteiger partial charge in [-0.1, -0.05) is 64.7 Å². The second-order valence-electron chi connectivity index (χ2n) is 14.3. The van der Waals surface area contributed by atoms with Gasteiger partial charge in [0.05, 0.1) is 33.8 Å². The Balaban J connectivity index is 1.45. The number of carbonyl (C=O) groups excluding carboxylic acids is 4. The van der Waals surface area contributed by atoms with Gasteiger partial charge in [0.25, 0.3) is 11.8 Å². The van der Waals surface area contributed by atoms with Crippen molar-refractivity contribution in [3.8, 4) is 5.75 Å². The first kappa shape index (κ1) is 35.3. The summed E-state index contributed by atoms with van der Waals surface area (Å²) in [5, 5.41) is 11.0. The molecular weight excluding hydrogens is 732 g/mol. The first-order chi connectivity index (χ1) is 23.9. The number of imide groups is 2. The third-order valence-corrected chi connectivity index (χ3v) is 11.4. The van der Waals surface area contributed by atoms with Crippen LogP contribution in [0.1, 0.15) is 56.2 Å². The average Bonchev–Trinajstić information content (AvgIpc) is 3.43. The summed E-state index contributed by atoms with van der Waals surface area (Å²) >= 11 is 19.4. The number of amides is 4. The molecule has 266 valence electrons. The van der Waals surface area contributed by atoms with E-state index in [2.05, 4.69) is 10.4 Å². The molecule has 2 N–H and O–H groups in total. The van der Waals surface area contributed by atoms with Crippen LogP contribution in [0.4, 0.5) is 19.0 Å². The van der Waals surface area contributed by atoms with Gasteiger partial charge in [-0.3, -0.25) is 29.5 Å². The summed E-state index contributed by atoms with van der Waals surface area (Å²) in [6.45, 7) is 5.30. The number of fused-ring (bicyclic) bond motifs is 4. The molecule has 2 aliphatic heterocycles. The maximum absolute atomic E-state index is 15.2. The molecule has 1 aromatic heterocycles. The van der Waals surface area contributed by atoms with Gasteiger partial charge in [-0.15, -0.1) is 0 Å². The van der Waals surface area contributed by atoms with E-state index in [0.29, 0.717) is 39.0 Å². The minimum absolute atomic E-state index is 0.0320. The largest absolute Gasteiger partial charge is 0.508 e. The van der Waals surface area contributed by atoms with Crippen molar-refractivity contribution >= 4 is 64.2 Å². The first-order valence-corrected chi connectivity index (χ1v) is 17.2. The third-order valence-electron chi connectivity index (χ3n) is 10.5. The summed E-state index contributed by atoms with van der Waals surface area (Å²) in [5.74, 6) is -7.16. The number of pyridine rings is 1. The van der Waals surface area contributed by atoms with Gasteiger partial charge in [-0.2, -0.15) is 18.2 Å². The first-order valence-electron chi connectivity index (χ1n) is 16.1. The summed E-state index contributed by atoms with van der Waals surface area (Å²) in [7, 11) is 0. The number of benzene rings is 2. The highest BCUT2D eigenvalue weighted by Crippen LogP contribution is 2.65. The van der Waals surface area contributed by atoms with E-state index >= 15 is 4.79 Å². The van der Waals surface area contributed by atoms with Crippen LogP contribution >= 0.6 is 34.8 Å². The van der Waals surface area contributed by atoms with Crippen LogP contribution in [0, 0.1) is 23.7 Å². The monoisotopic (exact) mass is 760 g/mol. The molecule has 1 saturated carbocycles. The van der Waals surface area contributed by atoms with Crippen LogP contribution in [0.3, 0.4) is 0 Å². The molecule has 0 radical (unpaired) electrons. The number of nitrogens with zero attached hydrogens (tertiary/aromatic N) is 3. The highest BCUT2D eigenvalue weighted by atomic mass is 35.5. The Labute approximate surface area is 305 Å². The van der Waals surface area contributed by atoms with Crippen LogP contribution in [0.25, 0.3) is 0 Å². The van der Waals surface area contributed by atoms with Crippen molar-refractivity contribution in [1.82, 2.24) is 14.9 Å². The van der Waals surface area contributed by atoms with Gasteiger partial charge in [0.2, 0.25) is 11.8 Å². The van der Waals surface area contributed by atoms with E-state index < -0.39 is 69.1 Å². The quantitative estimate of drug-likeness (QED) is 0.208. The zero-order valence-electron chi connectivity index (χ0n) is 27.3. The highest BCUT2D eigenvalue weighted by Gasteiger charge is 2.71. The molecule has 4 amide bonds. The number of hydrazine groups is 1. The predicted molar refractivity (Wildman–Crippen MR) is 182 cm³/mol. The molecule has 15 heteroatoms. The van der Waals surface area contributed by atoms with Crippen molar-refractivity contribution in [2.75, 3.05) is 5.43 Å². The number of aromatic nitrogens is 1. The number of aromatic hydroxyl groups is 1. The van der Waals surface area contributed by atoms with Crippen LogP contribution in [-0.4, -0.2) is 49.2 Å². The SMILES string of the molecule is CC(C)(C)N1C(=O)C2CC=C3C(CC4C(=O)N(Nc5ncc(C(F)(F)F)cc5Cl)C(=O)C4(c4ccc(Cl)cc4)C3c3ccc(O)cc3Cl)C2C1=O. The highest BCUT2D eigenvalue weighted by molar-refractivity contribution is 6.33. The van der Waals surface area contributed by atoms with Crippen LogP contribution in [-0.2, 0) is 30.8 Å². The second kappa shape index (κ2) is 12.0. The molecule has 9 nitrogen and oxygen atoms in total. The fourth-order valence-corrected chi connectivity index (χ4v) is 9.16. The van der Waals surface area contributed by atoms with Gasteiger partial charge in [0.15, 0.2) is 5.82 Å². The van der Waals surface area contributed by atoms with E-state index in [0.717, 1.165) is 0 Å². The molecular formula is C36H30Cl3F3N4O5. The molecule has 51 heavy (non-hydrogen) atoms. The number of carbonyl (C=O) groups is 4. The molecule has 3 fully saturated rings. The molecule has 3 heterocycles. The van der Waals surface area contributed by atoms with Gasteiger partial charge < -0.3 is 5.11 Å². The Kier molecular flexibility index (Phi) is 8.27. The lowest BCUT2D eigenvalue weighted by Crippen LogP contribution is -2.53. The number of hydrogen-bond acceptors (Lipinski definition) is 7. The van der Waals surface area contributed by atoms with Crippen molar-refractivity contribution in [3.05, 3.63) is 98.1 Å². The van der Waals surface area contributed by atoms with Crippen LogP contribution < -0.4 is 5.43 Å². The molecule has 2 aromatic carbocycles. The molecule has 0 bridgehead atoms. The lowest BCUT2D eigenvalue weighted by molar-refractivity contribution is -0.146. The zero-order valence-corrected chi connectivity index (χ0v) is 29.5. The number of allylic oxidation sites excluding steroid dienone is 2. The fraction of sp³-hybridized carbons (Fsp3) is 0.361.